The van der Waals surface area contributed by atoms with Crippen LogP contribution in [0.5, 0.6) is 11.5 Å². The SMILES string of the molecule is Cc1ccc(C(=O)N2CCN(C(=O)Cc3ccc4c(c3)OCO4)CC2)cc1. The third-order valence-corrected chi connectivity index (χ3v) is 5.01. The van der Waals surface area contributed by atoms with Crippen molar-refractivity contribution in [1.29, 1.82) is 0 Å². The lowest BCUT2D eigenvalue weighted by Crippen LogP contribution is -2.51. The van der Waals surface area contributed by atoms with Gasteiger partial charge in [0.2, 0.25) is 12.7 Å². The van der Waals surface area contributed by atoms with Gasteiger partial charge in [0.25, 0.3) is 5.91 Å². The number of benzene rings is 2. The first-order valence-corrected chi connectivity index (χ1v) is 9.12. The van der Waals surface area contributed by atoms with E-state index in [1.54, 1.807) is 0 Å². The van der Waals surface area contributed by atoms with E-state index in [-0.39, 0.29) is 18.6 Å². The summed E-state index contributed by atoms with van der Waals surface area (Å²) < 4.78 is 10.7. The molecule has 2 aromatic rings. The first-order valence-electron chi connectivity index (χ1n) is 9.12. The fourth-order valence-corrected chi connectivity index (χ4v) is 3.37. The zero-order valence-electron chi connectivity index (χ0n) is 15.3. The molecule has 0 aliphatic carbocycles. The van der Waals surface area contributed by atoms with Crippen LogP contribution in [0.1, 0.15) is 21.5 Å². The molecule has 2 amide bonds. The van der Waals surface area contributed by atoms with Crippen LogP contribution < -0.4 is 9.47 Å². The highest BCUT2D eigenvalue weighted by molar-refractivity contribution is 5.94. The number of fused-ring (bicyclic) bond motifs is 1. The predicted octanol–water partition coefficient (Wildman–Crippen LogP) is 2.25. The van der Waals surface area contributed by atoms with Crippen molar-refractivity contribution in [2.24, 2.45) is 0 Å². The van der Waals surface area contributed by atoms with Crippen molar-refractivity contribution in [2.75, 3.05) is 33.0 Å². The summed E-state index contributed by atoms with van der Waals surface area (Å²) in [6, 6.07) is 13.2. The number of hydrogen-bond acceptors (Lipinski definition) is 4. The zero-order chi connectivity index (χ0) is 18.8. The Morgan fingerprint density at radius 2 is 1.56 bits per heavy atom. The van der Waals surface area contributed by atoms with Gasteiger partial charge in [-0.05, 0) is 36.8 Å². The average Bonchev–Trinajstić information content (AvgIpc) is 3.16. The molecule has 0 spiro atoms. The van der Waals surface area contributed by atoms with E-state index in [0.717, 1.165) is 16.9 Å². The van der Waals surface area contributed by atoms with Crippen LogP contribution in [-0.2, 0) is 11.2 Å². The van der Waals surface area contributed by atoms with E-state index in [4.69, 9.17) is 9.47 Å². The van der Waals surface area contributed by atoms with Crippen molar-refractivity contribution >= 4 is 11.8 Å². The van der Waals surface area contributed by atoms with E-state index in [0.29, 0.717) is 43.9 Å². The summed E-state index contributed by atoms with van der Waals surface area (Å²) in [7, 11) is 0. The van der Waals surface area contributed by atoms with Crippen LogP contribution >= 0.6 is 0 Å². The maximum Gasteiger partial charge on any atom is 0.253 e. The summed E-state index contributed by atoms with van der Waals surface area (Å²) in [5.41, 5.74) is 2.73. The lowest BCUT2D eigenvalue weighted by molar-refractivity contribution is -0.131. The Labute approximate surface area is 158 Å². The standard InChI is InChI=1S/C21H22N2O4/c1-15-2-5-17(6-3-15)21(25)23-10-8-22(9-11-23)20(24)13-16-4-7-18-19(12-16)27-14-26-18/h2-7,12H,8-11,13-14H2,1H3. The van der Waals surface area contributed by atoms with Gasteiger partial charge in [-0.1, -0.05) is 23.8 Å². The van der Waals surface area contributed by atoms with E-state index < -0.39 is 0 Å². The number of piperazine rings is 1. The van der Waals surface area contributed by atoms with Crippen molar-refractivity contribution in [3.8, 4) is 11.5 Å². The Morgan fingerprint density at radius 3 is 2.30 bits per heavy atom. The molecule has 140 valence electrons. The second kappa shape index (κ2) is 7.31. The third kappa shape index (κ3) is 3.74. The number of ether oxygens (including phenoxy) is 2. The van der Waals surface area contributed by atoms with Crippen LogP contribution in [0.2, 0.25) is 0 Å². The molecule has 0 unspecified atom stereocenters. The second-order valence-corrected chi connectivity index (χ2v) is 6.90. The van der Waals surface area contributed by atoms with Crippen molar-refractivity contribution < 1.29 is 19.1 Å². The first kappa shape index (κ1) is 17.4. The van der Waals surface area contributed by atoms with Crippen molar-refractivity contribution in [3.05, 3.63) is 59.2 Å². The van der Waals surface area contributed by atoms with E-state index in [1.165, 1.54) is 0 Å². The van der Waals surface area contributed by atoms with Gasteiger partial charge in [-0.3, -0.25) is 9.59 Å². The molecule has 4 rings (SSSR count). The van der Waals surface area contributed by atoms with Crippen molar-refractivity contribution in [2.45, 2.75) is 13.3 Å². The molecule has 1 saturated heterocycles. The molecule has 27 heavy (non-hydrogen) atoms. The van der Waals surface area contributed by atoms with Crippen LogP contribution in [-0.4, -0.2) is 54.6 Å². The van der Waals surface area contributed by atoms with E-state index in [2.05, 4.69) is 0 Å². The number of carbonyl (C=O) groups is 2. The molecule has 0 saturated carbocycles. The maximum absolute atomic E-state index is 12.6. The minimum absolute atomic E-state index is 0.0258. The maximum atomic E-state index is 12.6. The van der Waals surface area contributed by atoms with Crippen LogP contribution in [0, 0.1) is 6.92 Å². The van der Waals surface area contributed by atoms with Crippen LogP contribution in [0.15, 0.2) is 42.5 Å². The Kier molecular flexibility index (Phi) is 4.71. The molecular formula is C21H22N2O4. The number of amides is 2. The summed E-state index contributed by atoms with van der Waals surface area (Å²) in [5, 5.41) is 0. The van der Waals surface area contributed by atoms with Crippen LogP contribution in [0.25, 0.3) is 0 Å². The van der Waals surface area contributed by atoms with Crippen LogP contribution in [0.4, 0.5) is 0 Å². The molecule has 0 aromatic heterocycles. The van der Waals surface area contributed by atoms with Gasteiger partial charge in [-0.25, -0.2) is 0 Å². The van der Waals surface area contributed by atoms with Gasteiger partial charge in [0.05, 0.1) is 6.42 Å². The molecule has 0 N–H and O–H groups in total. The minimum Gasteiger partial charge on any atom is -0.454 e. The highest BCUT2D eigenvalue weighted by Crippen LogP contribution is 2.32. The number of rotatable bonds is 3. The summed E-state index contributed by atoms with van der Waals surface area (Å²) in [6.45, 7) is 4.45. The molecule has 2 aromatic carbocycles. The number of nitrogens with zero attached hydrogens (tertiary/aromatic N) is 2. The van der Waals surface area contributed by atoms with Gasteiger partial charge in [-0.2, -0.15) is 0 Å². The lowest BCUT2D eigenvalue weighted by Gasteiger charge is -2.35. The van der Waals surface area contributed by atoms with Crippen molar-refractivity contribution in [1.82, 2.24) is 9.80 Å². The predicted molar refractivity (Wildman–Crippen MR) is 99.9 cm³/mol. The molecule has 2 aliphatic rings. The smallest absolute Gasteiger partial charge is 0.253 e. The number of hydrogen-bond donors (Lipinski definition) is 0. The highest BCUT2D eigenvalue weighted by atomic mass is 16.7. The molecule has 1 fully saturated rings. The number of aryl methyl sites for hydroxylation is 1. The van der Waals surface area contributed by atoms with Gasteiger partial charge in [-0.15, -0.1) is 0 Å². The molecule has 0 bridgehead atoms. The first-order chi connectivity index (χ1) is 13.1. The normalized spacial score (nSPS) is 15.7. The topological polar surface area (TPSA) is 59.1 Å². The lowest BCUT2D eigenvalue weighted by atomic mass is 10.1. The molecule has 6 heteroatoms. The Hall–Kier alpha value is -3.02. The number of carbonyl (C=O) groups excluding carboxylic acids is 2. The van der Waals surface area contributed by atoms with Gasteiger partial charge >= 0.3 is 0 Å². The summed E-state index contributed by atoms with van der Waals surface area (Å²) in [6.07, 6.45) is 0.322. The average molecular weight is 366 g/mol. The fraction of sp³-hybridized carbons (Fsp3) is 0.333. The molecule has 6 nitrogen and oxygen atoms in total. The van der Waals surface area contributed by atoms with E-state index >= 15 is 0 Å². The fourth-order valence-electron chi connectivity index (χ4n) is 3.37. The van der Waals surface area contributed by atoms with Gasteiger partial charge in [0, 0.05) is 31.7 Å². The van der Waals surface area contributed by atoms with Gasteiger partial charge < -0.3 is 19.3 Å². The monoisotopic (exact) mass is 366 g/mol. The zero-order valence-corrected chi connectivity index (χ0v) is 15.3. The second-order valence-electron chi connectivity index (χ2n) is 6.90. The summed E-state index contributed by atoms with van der Waals surface area (Å²) in [5.74, 6) is 1.50. The molecule has 2 aliphatic heterocycles. The quantitative estimate of drug-likeness (QED) is 0.836. The Balaban J connectivity index is 1.32. The highest BCUT2D eigenvalue weighted by Gasteiger charge is 2.25. The molecule has 0 radical (unpaired) electrons. The molecule has 0 atom stereocenters. The summed E-state index contributed by atoms with van der Waals surface area (Å²) in [4.78, 5) is 28.8. The largest absolute Gasteiger partial charge is 0.454 e. The van der Waals surface area contributed by atoms with Crippen LogP contribution in [0.3, 0.4) is 0 Å². The minimum atomic E-state index is 0.0258. The van der Waals surface area contributed by atoms with Crippen molar-refractivity contribution in [3.63, 3.8) is 0 Å². The Bertz CT molecular complexity index is 855. The summed E-state index contributed by atoms with van der Waals surface area (Å²) >= 11 is 0. The molecule has 2 heterocycles. The van der Waals surface area contributed by atoms with Gasteiger partial charge in [0.1, 0.15) is 0 Å². The third-order valence-electron chi connectivity index (χ3n) is 5.01. The Morgan fingerprint density at radius 1 is 0.889 bits per heavy atom. The van der Waals surface area contributed by atoms with E-state index in [1.807, 2.05) is 59.2 Å². The van der Waals surface area contributed by atoms with E-state index in [9.17, 15) is 9.59 Å². The molecular weight excluding hydrogens is 344 g/mol. The van der Waals surface area contributed by atoms with Gasteiger partial charge in [0.15, 0.2) is 11.5 Å².